The largest absolute Gasteiger partial charge is 0.459 e. The zero-order valence-electron chi connectivity index (χ0n) is 19.1. The minimum atomic E-state index is -0.992. The molecule has 5 rings (SSSR count). The van der Waals surface area contributed by atoms with E-state index >= 15 is 0 Å². The van der Waals surface area contributed by atoms with Gasteiger partial charge in [-0.1, -0.05) is 0 Å². The Kier molecular flexibility index (Phi) is 5.68. The van der Waals surface area contributed by atoms with Gasteiger partial charge in [-0.15, -0.1) is 0 Å². The molecule has 2 fully saturated rings. The third-order valence-corrected chi connectivity index (χ3v) is 6.40. The second-order valence-corrected chi connectivity index (χ2v) is 8.95. The molecular formula is C24H27N3O7. The van der Waals surface area contributed by atoms with Gasteiger partial charge in [-0.05, 0) is 44.2 Å². The Bertz CT molecular complexity index is 1090. The summed E-state index contributed by atoms with van der Waals surface area (Å²) in [5.41, 5.74) is -0.487. The van der Waals surface area contributed by atoms with Crippen molar-refractivity contribution in [2.24, 2.45) is 0 Å². The number of carbonyl (C=O) groups is 3. The number of benzene rings is 1. The first-order valence-electron chi connectivity index (χ1n) is 11.4. The Labute approximate surface area is 196 Å². The van der Waals surface area contributed by atoms with Gasteiger partial charge in [0.2, 0.25) is 12.7 Å². The van der Waals surface area contributed by atoms with Crippen molar-refractivity contribution in [3.63, 3.8) is 0 Å². The molecule has 0 radical (unpaired) electrons. The van der Waals surface area contributed by atoms with Crippen LogP contribution in [0.3, 0.4) is 0 Å². The van der Waals surface area contributed by atoms with Gasteiger partial charge in [0.15, 0.2) is 17.3 Å². The van der Waals surface area contributed by atoms with E-state index in [1.807, 2.05) is 13.8 Å². The molecule has 34 heavy (non-hydrogen) atoms. The Morgan fingerprint density at radius 2 is 1.82 bits per heavy atom. The van der Waals surface area contributed by atoms with Crippen molar-refractivity contribution < 1.29 is 33.0 Å². The molecule has 0 aliphatic carbocycles. The summed E-state index contributed by atoms with van der Waals surface area (Å²) in [5.74, 6) is 0.502. The molecule has 4 heterocycles. The number of nitrogens with zero attached hydrogens (tertiary/aromatic N) is 2. The maximum atomic E-state index is 13.4. The van der Waals surface area contributed by atoms with E-state index in [9.17, 15) is 14.4 Å². The number of carbonyl (C=O) groups excluding carboxylic acids is 3. The fourth-order valence-electron chi connectivity index (χ4n) is 4.74. The minimum Gasteiger partial charge on any atom is -0.459 e. The van der Waals surface area contributed by atoms with Crippen LogP contribution in [-0.2, 0) is 9.53 Å². The summed E-state index contributed by atoms with van der Waals surface area (Å²) < 4.78 is 22.2. The molecular weight excluding hydrogens is 442 g/mol. The molecule has 1 atom stereocenters. The lowest BCUT2D eigenvalue weighted by Crippen LogP contribution is -2.60. The zero-order valence-corrected chi connectivity index (χ0v) is 19.1. The van der Waals surface area contributed by atoms with E-state index < -0.39 is 17.7 Å². The molecule has 10 heteroatoms. The third-order valence-electron chi connectivity index (χ3n) is 6.40. The van der Waals surface area contributed by atoms with E-state index in [1.54, 1.807) is 35.2 Å². The lowest BCUT2D eigenvalue weighted by atomic mass is 9.96. The molecule has 10 nitrogen and oxygen atoms in total. The molecule has 1 N–H and O–H groups in total. The summed E-state index contributed by atoms with van der Waals surface area (Å²) in [7, 11) is 0. The lowest BCUT2D eigenvalue weighted by Gasteiger charge is -2.44. The summed E-state index contributed by atoms with van der Waals surface area (Å²) in [6.07, 6.45) is 2.18. The van der Waals surface area contributed by atoms with Gasteiger partial charge < -0.3 is 28.8 Å². The number of fused-ring (bicyclic) bond motifs is 1. The Hall–Kier alpha value is -3.53. The molecule has 2 saturated heterocycles. The smallest absolute Gasteiger partial charge is 0.292 e. The molecule has 1 aromatic carbocycles. The van der Waals surface area contributed by atoms with Crippen LogP contribution in [0.25, 0.3) is 0 Å². The van der Waals surface area contributed by atoms with Crippen molar-refractivity contribution in [2.75, 3.05) is 26.5 Å². The fourth-order valence-corrected chi connectivity index (χ4v) is 4.74. The molecule has 0 saturated carbocycles. The molecule has 3 aliphatic heterocycles. The van der Waals surface area contributed by atoms with Crippen LogP contribution in [0.15, 0.2) is 41.0 Å². The number of furan rings is 1. The summed E-state index contributed by atoms with van der Waals surface area (Å²) in [6.45, 7) is 4.69. The van der Waals surface area contributed by atoms with Crippen LogP contribution < -0.4 is 14.8 Å². The van der Waals surface area contributed by atoms with Crippen LogP contribution in [0.4, 0.5) is 0 Å². The molecule has 3 amide bonds. The van der Waals surface area contributed by atoms with Gasteiger partial charge in [0, 0.05) is 37.5 Å². The standard InChI is InChI=1S/C24H27N3O7/c1-15(2)25-21(28)17-13-34-24(27(17)23(30)19-4-3-11-31-19)7-9-26(10-8-24)22(29)16-5-6-18-20(12-16)33-14-32-18/h3-6,11-12,15,17H,7-10,13-14H2,1-2H3,(H,25,28). The molecule has 2 aromatic rings. The highest BCUT2D eigenvalue weighted by molar-refractivity contribution is 5.97. The number of hydrogen-bond donors (Lipinski definition) is 1. The van der Waals surface area contributed by atoms with E-state index in [0.29, 0.717) is 43.0 Å². The van der Waals surface area contributed by atoms with E-state index in [-0.39, 0.29) is 37.0 Å². The van der Waals surface area contributed by atoms with Crippen LogP contribution >= 0.6 is 0 Å². The number of piperidine rings is 1. The maximum Gasteiger partial charge on any atom is 0.292 e. The number of nitrogens with one attached hydrogen (secondary N) is 1. The molecule has 1 spiro atoms. The van der Waals surface area contributed by atoms with Crippen LogP contribution in [0.5, 0.6) is 11.5 Å². The van der Waals surface area contributed by atoms with Crippen molar-refractivity contribution in [3.05, 3.63) is 47.9 Å². The van der Waals surface area contributed by atoms with Gasteiger partial charge in [0.1, 0.15) is 11.8 Å². The summed E-state index contributed by atoms with van der Waals surface area (Å²) >= 11 is 0. The van der Waals surface area contributed by atoms with Crippen molar-refractivity contribution >= 4 is 17.7 Å². The van der Waals surface area contributed by atoms with Crippen molar-refractivity contribution in [1.82, 2.24) is 15.1 Å². The third kappa shape index (κ3) is 3.87. The highest BCUT2D eigenvalue weighted by Gasteiger charge is 2.54. The molecule has 3 aliphatic rings. The Balaban J connectivity index is 1.35. The van der Waals surface area contributed by atoms with E-state index in [1.165, 1.54) is 11.2 Å². The van der Waals surface area contributed by atoms with Gasteiger partial charge in [-0.3, -0.25) is 19.3 Å². The molecule has 1 aromatic heterocycles. The van der Waals surface area contributed by atoms with Gasteiger partial charge >= 0.3 is 0 Å². The number of rotatable bonds is 4. The van der Waals surface area contributed by atoms with Gasteiger partial charge in [-0.25, -0.2) is 0 Å². The SMILES string of the molecule is CC(C)NC(=O)C1COC2(CCN(C(=O)c3ccc4c(c3)OCO4)CC2)N1C(=O)c1ccco1. The van der Waals surface area contributed by atoms with Crippen LogP contribution in [0, 0.1) is 0 Å². The summed E-state index contributed by atoms with van der Waals surface area (Å²) in [6, 6.07) is 7.46. The van der Waals surface area contributed by atoms with Gasteiger partial charge in [0.05, 0.1) is 12.9 Å². The number of ether oxygens (including phenoxy) is 3. The van der Waals surface area contributed by atoms with Crippen molar-refractivity contribution in [2.45, 2.75) is 44.5 Å². The number of likely N-dealkylation sites (tertiary alicyclic amines) is 1. The Morgan fingerprint density at radius 3 is 2.53 bits per heavy atom. The van der Waals surface area contributed by atoms with Crippen LogP contribution in [0.2, 0.25) is 0 Å². The second-order valence-electron chi connectivity index (χ2n) is 8.95. The Morgan fingerprint density at radius 1 is 1.06 bits per heavy atom. The van der Waals surface area contributed by atoms with E-state index in [4.69, 9.17) is 18.6 Å². The van der Waals surface area contributed by atoms with Crippen molar-refractivity contribution in [3.8, 4) is 11.5 Å². The number of amides is 3. The maximum absolute atomic E-state index is 13.4. The number of hydrogen-bond acceptors (Lipinski definition) is 7. The molecule has 0 bridgehead atoms. The van der Waals surface area contributed by atoms with E-state index in [2.05, 4.69) is 5.32 Å². The topological polar surface area (TPSA) is 111 Å². The predicted molar refractivity (Wildman–Crippen MR) is 118 cm³/mol. The lowest BCUT2D eigenvalue weighted by molar-refractivity contribution is -0.128. The average Bonchev–Trinajstić information content (AvgIpc) is 3.58. The first-order valence-corrected chi connectivity index (χ1v) is 11.4. The first-order chi connectivity index (χ1) is 16.4. The van der Waals surface area contributed by atoms with Gasteiger partial charge in [0.25, 0.3) is 11.8 Å². The normalized spacial score (nSPS) is 20.7. The molecule has 1 unspecified atom stereocenters. The van der Waals surface area contributed by atoms with Gasteiger partial charge in [-0.2, -0.15) is 0 Å². The van der Waals surface area contributed by atoms with Crippen LogP contribution in [0.1, 0.15) is 47.6 Å². The van der Waals surface area contributed by atoms with E-state index in [0.717, 1.165) is 0 Å². The minimum absolute atomic E-state index is 0.0780. The second kappa shape index (κ2) is 8.68. The van der Waals surface area contributed by atoms with Crippen LogP contribution in [-0.4, -0.2) is 71.8 Å². The fraction of sp³-hybridized carbons (Fsp3) is 0.458. The summed E-state index contributed by atoms with van der Waals surface area (Å²) in [4.78, 5) is 42.7. The molecule has 180 valence electrons. The average molecular weight is 469 g/mol. The zero-order chi connectivity index (χ0) is 23.9. The highest BCUT2D eigenvalue weighted by Crippen LogP contribution is 2.39. The quantitative estimate of drug-likeness (QED) is 0.729. The first kappa shape index (κ1) is 22.3. The highest BCUT2D eigenvalue weighted by atomic mass is 16.7. The summed E-state index contributed by atoms with van der Waals surface area (Å²) in [5, 5.41) is 2.88. The predicted octanol–water partition coefficient (Wildman–Crippen LogP) is 2.01. The van der Waals surface area contributed by atoms with Crippen molar-refractivity contribution in [1.29, 1.82) is 0 Å². The monoisotopic (exact) mass is 469 g/mol.